The van der Waals surface area contributed by atoms with Gasteiger partial charge >= 0.3 is 5.97 Å². The summed E-state index contributed by atoms with van der Waals surface area (Å²) in [5, 5.41) is 0. The van der Waals surface area contributed by atoms with E-state index in [0.29, 0.717) is 11.5 Å². The van der Waals surface area contributed by atoms with E-state index in [9.17, 15) is 9.59 Å². The fourth-order valence-corrected chi connectivity index (χ4v) is 2.92. The predicted molar refractivity (Wildman–Crippen MR) is 86.7 cm³/mol. The number of aromatic nitrogens is 3. The van der Waals surface area contributed by atoms with Crippen molar-refractivity contribution in [2.75, 3.05) is 6.61 Å². The van der Waals surface area contributed by atoms with E-state index in [0.717, 1.165) is 24.0 Å². The lowest BCUT2D eigenvalue weighted by atomic mass is 10.2. The maximum Gasteiger partial charge on any atom is 0.381 e. The van der Waals surface area contributed by atoms with Crippen LogP contribution in [0.2, 0.25) is 0 Å². The van der Waals surface area contributed by atoms with E-state index in [-0.39, 0.29) is 12.3 Å². The van der Waals surface area contributed by atoms with Crippen LogP contribution < -0.4 is 0 Å². The number of fused-ring (bicyclic) bond motifs is 3. The minimum Gasteiger partial charge on any atom is -0.460 e. The van der Waals surface area contributed by atoms with Crippen molar-refractivity contribution >= 4 is 28.6 Å². The molecular weight excluding hydrogens is 294 g/mol. The molecule has 1 aromatic carbocycles. The summed E-state index contributed by atoms with van der Waals surface area (Å²) in [6, 6.07) is 7.78. The molecule has 0 bridgehead atoms. The third-order valence-electron chi connectivity index (χ3n) is 3.81. The Balaban J connectivity index is 2.31. The van der Waals surface area contributed by atoms with E-state index in [4.69, 9.17) is 4.74 Å². The number of carbonyl (C=O) groups excluding carboxylic acids is 2. The van der Waals surface area contributed by atoms with E-state index < -0.39 is 11.8 Å². The number of rotatable bonds is 5. The van der Waals surface area contributed by atoms with Gasteiger partial charge in [-0.25, -0.2) is 9.78 Å². The highest BCUT2D eigenvalue weighted by molar-refractivity contribution is 6.40. The number of hydrogen-bond donors (Lipinski definition) is 0. The molecule has 0 saturated carbocycles. The number of esters is 1. The number of hydrogen-bond acceptors (Lipinski definition) is 4. The molecular formula is C17H19N3O3. The van der Waals surface area contributed by atoms with E-state index in [1.54, 1.807) is 18.2 Å². The van der Waals surface area contributed by atoms with Gasteiger partial charge in [0, 0.05) is 6.54 Å². The summed E-state index contributed by atoms with van der Waals surface area (Å²) in [5.41, 5.74) is 2.68. The zero-order valence-electron chi connectivity index (χ0n) is 13.5. The maximum absolute atomic E-state index is 12.5. The molecule has 120 valence electrons. The number of carbonyl (C=O) groups is 2. The Morgan fingerprint density at radius 1 is 1.17 bits per heavy atom. The number of nitrogens with zero attached hydrogens (tertiary/aromatic N) is 3. The van der Waals surface area contributed by atoms with Gasteiger partial charge in [-0.15, -0.1) is 0 Å². The summed E-state index contributed by atoms with van der Waals surface area (Å²) in [4.78, 5) is 28.9. The minimum absolute atomic E-state index is 0.170. The van der Waals surface area contributed by atoms with Gasteiger partial charge < -0.3 is 9.30 Å². The monoisotopic (exact) mass is 313 g/mol. The topological polar surface area (TPSA) is 65.6 Å². The number of para-hydroxylation sites is 2. The minimum atomic E-state index is -0.843. The van der Waals surface area contributed by atoms with Crippen LogP contribution in [0.1, 0.15) is 36.5 Å². The SMILES string of the molecule is CCCn1c2ccccc2n2c(C(=O)C(=O)OCC)c(C)nc12. The zero-order chi connectivity index (χ0) is 16.6. The van der Waals surface area contributed by atoms with Gasteiger partial charge in [-0.1, -0.05) is 19.1 Å². The summed E-state index contributed by atoms with van der Waals surface area (Å²) in [6.07, 6.45) is 0.946. The van der Waals surface area contributed by atoms with Crippen LogP contribution in [0.3, 0.4) is 0 Å². The molecule has 0 amide bonds. The average molecular weight is 313 g/mol. The Morgan fingerprint density at radius 2 is 1.87 bits per heavy atom. The fraction of sp³-hybridized carbons (Fsp3) is 0.353. The molecule has 2 aromatic heterocycles. The van der Waals surface area contributed by atoms with Crippen LogP contribution in [0.4, 0.5) is 0 Å². The second kappa shape index (κ2) is 5.87. The van der Waals surface area contributed by atoms with Gasteiger partial charge in [-0.3, -0.25) is 9.20 Å². The molecule has 0 spiro atoms. The first-order valence-corrected chi connectivity index (χ1v) is 7.77. The number of Topliss-reactive ketones (excluding diaryl/α,β-unsaturated/α-hetero) is 1. The van der Waals surface area contributed by atoms with Crippen LogP contribution in [0.5, 0.6) is 0 Å². The number of ether oxygens (including phenoxy) is 1. The molecule has 6 nitrogen and oxygen atoms in total. The number of ketones is 1. The molecule has 3 aromatic rings. The molecule has 0 atom stereocenters. The Hall–Kier alpha value is -2.63. The van der Waals surface area contributed by atoms with Crippen LogP contribution in [0.15, 0.2) is 24.3 Å². The molecule has 0 radical (unpaired) electrons. The van der Waals surface area contributed by atoms with Crippen LogP contribution in [-0.2, 0) is 16.1 Å². The molecule has 0 saturated heterocycles. The van der Waals surface area contributed by atoms with Crippen LogP contribution in [0, 0.1) is 6.92 Å². The van der Waals surface area contributed by atoms with Gasteiger partial charge in [0.05, 0.1) is 23.3 Å². The fourth-order valence-electron chi connectivity index (χ4n) is 2.92. The molecule has 0 aliphatic carbocycles. The normalized spacial score (nSPS) is 11.3. The second-order valence-electron chi connectivity index (χ2n) is 5.37. The van der Waals surface area contributed by atoms with Gasteiger partial charge in [0.2, 0.25) is 5.78 Å². The summed E-state index contributed by atoms with van der Waals surface area (Å²) < 4.78 is 8.70. The lowest BCUT2D eigenvalue weighted by molar-refractivity contribution is -0.137. The van der Waals surface area contributed by atoms with Crippen molar-refractivity contribution in [1.82, 2.24) is 14.0 Å². The summed E-state index contributed by atoms with van der Waals surface area (Å²) in [7, 11) is 0. The van der Waals surface area contributed by atoms with Gasteiger partial charge in [-0.2, -0.15) is 0 Å². The van der Waals surface area contributed by atoms with Gasteiger partial charge in [-0.05, 0) is 32.4 Å². The van der Waals surface area contributed by atoms with Crippen molar-refractivity contribution in [3.8, 4) is 0 Å². The lowest BCUT2D eigenvalue weighted by Gasteiger charge is -2.02. The smallest absolute Gasteiger partial charge is 0.381 e. The zero-order valence-corrected chi connectivity index (χ0v) is 13.5. The van der Waals surface area contributed by atoms with Crippen LogP contribution >= 0.6 is 0 Å². The first kappa shape index (κ1) is 15.3. The molecule has 2 heterocycles. The number of imidazole rings is 2. The summed E-state index contributed by atoms with van der Waals surface area (Å²) >= 11 is 0. The summed E-state index contributed by atoms with van der Waals surface area (Å²) in [5.74, 6) is -0.820. The van der Waals surface area contributed by atoms with Crippen molar-refractivity contribution in [3.05, 3.63) is 35.7 Å². The molecule has 0 fully saturated rings. The molecule has 0 aliphatic rings. The Labute approximate surface area is 133 Å². The van der Waals surface area contributed by atoms with Gasteiger partial charge in [0.15, 0.2) is 0 Å². The quantitative estimate of drug-likeness (QED) is 0.413. The lowest BCUT2D eigenvalue weighted by Crippen LogP contribution is -2.20. The van der Waals surface area contributed by atoms with Crippen molar-refractivity contribution in [1.29, 1.82) is 0 Å². The highest BCUT2D eigenvalue weighted by atomic mass is 16.5. The average Bonchev–Trinajstić information content (AvgIpc) is 3.02. The third-order valence-corrected chi connectivity index (χ3v) is 3.81. The Morgan fingerprint density at radius 3 is 2.52 bits per heavy atom. The van der Waals surface area contributed by atoms with E-state index in [1.165, 1.54) is 0 Å². The second-order valence-corrected chi connectivity index (χ2v) is 5.37. The molecule has 0 N–H and O–H groups in total. The summed E-state index contributed by atoms with van der Waals surface area (Å²) in [6.45, 7) is 6.47. The van der Waals surface area contributed by atoms with Crippen molar-refractivity contribution in [2.45, 2.75) is 33.7 Å². The van der Waals surface area contributed by atoms with Crippen molar-refractivity contribution < 1.29 is 14.3 Å². The number of benzene rings is 1. The first-order chi connectivity index (χ1) is 11.1. The predicted octanol–water partition coefficient (Wildman–Crippen LogP) is 2.75. The highest BCUT2D eigenvalue weighted by Crippen LogP contribution is 2.25. The number of aryl methyl sites for hydroxylation is 2. The third kappa shape index (κ3) is 2.30. The highest BCUT2D eigenvalue weighted by Gasteiger charge is 2.27. The molecule has 23 heavy (non-hydrogen) atoms. The largest absolute Gasteiger partial charge is 0.460 e. The van der Waals surface area contributed by atoms with Crippen LogP contribution in [0.25, 0.3) is 16.8 Å². The van der Waals surface area contributed by atoms with Gasteiger partial charge in [0.25, 0.3) is 5.78 Å². The maximum atomic E-state index is 12.5. The molecule has 0 aliphatic heterocycles. The standard InChI is InChI=1S/C17H19N3O3/c1-4-10-19-12-8-6-7-9-13(12)20-14(11(3)18-17(19)20)15(21)16(22)23-5-2/h6-9H,4-5,10H2,1-3H3. The van der Waals surface area contributed by atoms with E-state index >= 15 is 0 Å². The molecule has 6 heteroatoms. The van der Waals surface area contributed by atoms with Crippen LogP contribution in [-0.4, -0.2) is 32.3 Å². The molecule has 0 unspecified atom stereocenters. The Bertz CT molecular complexity index is 905. The van der Waals surface area contributed by atoms with E-state index in [2.05, 4.69) is 16.5 Å². The molecule has 3 rings (SSSR count). The van der Waals surface area contributed by atoms with Gasteiger partial charge in [0.1, 0.15) is 5.69 Å². The first-order valence-electron chi connectivity index (χ1n) is 7.77. The van der Waals surface area contributed by atoms with E-state index in [1.807, 2.05) is 24.3 Å². The Kier molecular flexibility index (Phi) is 3.90. The van der Waals surface area contributed by atoms with Crippen molar-refractivity contribution in [2.24, 2.45) is 0 Å². The van der Waals surface area contributed by atoms with Crippen molar-refractivity contribution in [3.63, 3.8) is 0 Å².